The van der Waals surface area contributed by atoms with Crippen LogP contribution in [0.4, 0.5) is 13.2 Å². The van der Waals surface area contributed by atoms with E-state index in [0.29, 0.717) is 67.6 Å². The van der Waals surface area contributed by atoms with Crippen LogP contribution in [0.5, 0.6) is 5.75 Å². The molecule has 7 nitrogen and oxygen atoms in total. The van der Waals surface area contributed by atoms with Crippen LogP contribution in [0.3, 0.4) is 0 Å². The molecule has 40 heavy (non-hydrogen) atoms. The molecule has 0 aliphatic carbocycles. The molecule has 214 valence electrons. The van der Waals surface area contributed by atoms with Crippen LogP contribution in [0.1, 0.15) is 52.0 Å². The number of rotatable bonds is 10. The van der Waals surface area contributed by atoms with Gasteiger partial charge in [-0.25, -0.2) is 4.98 Å². The first-order chi connectivity index (χ1) is 19.2. The summed E-state index contributed by atoms with van der Waals surface area (Å²) in [6.45, 7) is 3.94. The molecule has 1 saturated heterocycles. The van der Waals surface area contributed by atoms with Crippen LogP contribution in [-0.4, -0.2) is 53.5 Å². The van der Waals surface area contributed by atoms with Gasteiger partial charge in [-0.05, 0) is 49.1 Å². The van der Waals surface area contributed by atoms with Crippen molar-refractivity contribution in [2.24, 2.45) is 5.92 Å². The Labute approximate surface area is 235 Å². The van der Waals surface area contributed by atoms with Gasteiger partial charge in [-0.1, -0.05) is 30.3 Å². The highest BCUT2D eigenvalue weighted by molar-refractivity contribution is 7.09. The summed E-state index contributed by atoms with van der Waals surface area (Å²) in [5, 5.41) is 2.37. The maximum absolute atomic E-state index is 13.3. The minimum atomic E-state index is -4.43. The van der Waals surface area contributed by atoms with Crippen LogP contribution >= 0.6 is 11.3 Å². The third-order valence-electron chi connectivity index (χ3n) is 6.68. The number of esters is 1. The van der Waals surface area contributed by atoms with Gasteiger partial charge in [0.15, 0.2) is 0 Å². The number of halogens is 3. The number of carbonyl (C=O) groups is 2. The van der Waals surface area contributed by atoms with Crippen molar-refractivity contribution < 1.29 is 32.2 Å². The third kappa shape index (κ3) is 7.82. The standard InChI is InChI=1S/C29H32F3N3O4S/c1-3-39-28(37)22-7-5-13-35(17-22)27(36)25-19-40-26(33-25)18-34(15-20-9-11-24(38-2)12-10-20)16-21-6-4-8-23(14-21)29(30,31)32/h4,6,8-12,14,19,22H,3,5,7,13,15-18H2,1-2H3. The van der Waals surface area contributed by atoms with E-state index in [1.807, 2.05) is 29.2 Å². The first-order valence-corrected chi connectivity index (χ1v) is 14.0. The van der Waals surface area contributed by atoms with Gasteiger partial charge in [-0.15, -0.1) is 11.3 Å². The molecular weight excluding hydrogens is 543 g/mol. The molecule has 11 heteroatoms. The predicted molar refractivity (Wildman–Crippen MR) is 145 cm³/mol. The molecule has 0 spiro atoms. The molecule has 1 aliphatic rings. The Balaban J connectivity index is 1.49. The molecule has 4 rings (SSSR count). The molecule has 0 saturated carbocycles. The van der Waals surface area contributed by atoms with E-state index in [4.69, 9.17) is 9.47 Å². The number of amides is 1. The van der Waals surface area contributed by atoms with Gasteiger partial charge in [0.05, 0.1) is 31.7 Å². The van der Waals surface area contributed by atoms with Crippen molar-refractivity contribution in [1.82, 2.24) is 14.8 Å². The number of benzene rings is 2. The topological polar surface area (TPSA) is 72.0 Å². The molecule has 0 bridgehead atoms. The Bertz CT molecular complexity index is 1300. The Kier molecular flexibility index (Phi) is 9.80. The van der Waals surface area contributed by atoms with Crippen LogP contribution in [0.15, 0.2) is 53.9 Å². The summed E-state index contributed by atoms with van der Waals surface area (Å²) in [5.74, 6) is -0.166. The molecule has 3 aromatic rings. The summed E-state index contributed by atoms with van der Waals surface area (Å²) in [5.41, 5.74) is 1.08. The Morgan fingerprint density at radius 3 is 2.55 bits per heavy atom. The van der Waals surface area contributed by atoms with E-state index < -0.39 is 11.7 Å². The predicted octanol–water partition coefficient (Wildman–Crippen LogP) is 5.79. The van der Waals surface area contributed by atoms with Crippen molar-refractivity contribution >= 4 is 23.2 Å². The molecule has 0 N–H and O–H groups in total. The number of hydrogen-bond acceptors (Lipinski definition) is 7. The molecule has 1 fully saturated rings. The summed E-state index contributed by atoms with van der Waals surface area (Å²) in [6.07, 6.45) is -3.04. The maximum atomic E-state index is 13.3. The molecular formula is C29H32F3N3O4S. The van der Waals surface area contributed by atoms with Gasteiger partial charge in [-0.2, -0.15) is 13.2 Å². The van der Waals surface area contributed by atoms with E-state index in [1.54, 1.807) is 30.4 Å². The summed E-state index contributed by atoms with van der Waals surface area (Å²) < 4.78 is 50.3. The zero-order valence-electron chi connectivity index (χ0n) is 22.4. The van der Waals surface area contributed by atoms with Crippen molar-refractivity contribution in [3.63, 3.8) is 0 Å². The van der Waals surface area contributed by atoms with Crippen LogP contribution < -0.4 is 4.74 Å². The first kappa shape index (κ1) is 29.5. The normalized spacial score (nSPS) is 15.8. The van der Waals surface area contributed by atoms with Crippen molar-refractivity contribution in [1.29, 1.82) is 0 Å². The van der Waals surface area contributed by atoms with Gasteiger partial charge in [0.1, 0.15) is 16.5 Å². The second kappa shape index (κ2) is 13.3. The fraction of sp³-hybridized carbons (Fsp3) is 0.414. The van der Waals surface area contributed by atoms with Crippen molar-refractivity contribution in [2.75, 3.05) is 26.8 Å². The van der Waals surface area contributed by atoms with Crippen LogP contribution in [0.25, 0.3) is 0 Å². The van der Waals surface area contributed by atoms with Gasteiger partial charge >= 0.3 is 12.1 Å². The van der Waals surface area contributed by atoms with Crippen molar-refractivity contribution in [2.45, 2.75) is 45.6 Å². The molecule has 1 atom stereocenters. The van der Waals surface area contributed by atoms with E-state index in [0.717, 1.165) is 17.7 Å². The highest BCUT2D eigenvalue weighted by atomic mass is 32.1. The molecule has 1 unspecified atom stereocenters. The molecule has 0 radical (unpaired) electrons. The highest BCUT2D eigenvalue weighted by Crippen LogP contribution is 2.30. The molecule has 2 heterocycles. The lowest BCUT2D eigenvalue weighted by Gasteiger charge is -2.31. The lowest BCUT2D eigenvalue weighted by molar-refractivity contribution is -0.149. The molecule has 1 aromatic heterocycles. The number of methoxy groups -OCH3 is 1. The summed E-state index contributed by atoms with van der Waals surface area (Å²) in [6, 6.07) is 12.8. The number of thiazole rings is 1. The Hall–Kier alpha value is -3.44. The fourth-order valence-corrected chi connectivity index (χ4v) is 5.52. The Morgan fingerprint density at radius 1 is 1.10 bits per heavy atom. The third-order valence-corrected chi connectivity index (χ3v) is 7.52. The minimum absolute atomic E-state index is 0.240. The lowest BCUT2D eigenvalue weighted by Crippen LogP contribution is -2.43. The number of carbonyl (C=O) groups excluding carboxylic acids is 2. The molecule has 2 aromatic carbocycles. The van der Waals surface area contributed by atoms with Crippen molar-refractivity contribution in [3.8, 4) is 5.75 Å². The zero-order valence-corrected chi connectivity index (χ0v) is 23.3. The van der Waals surface area contributed by atoms with Gasteiger partial charge in [0.2, 0.25) is 0 Å². The van der Waals surface area contributed by atoms with E-state index in [1.165, 1.54) is 17.4 Å². The van der Waals surface area contributed by atoms with Gasteiger partial charge in [0, 0.05) is 31.6 Å². The van der Waals surface area contributed by atoms with Crippen LogP contribution in [0.2, 0.25) is 0 Å². The number of alkyl halides is 3. The first-order valence-electron chi connectivity index (χ1n) is 13.1. The van der Waals surface area contributed by atoms with E-state index in [2.05, 4.69) is 4.98 Å². The van der Waals surface area contributed by atoms with Crippen LogP contribution in [0, 0.1) is 5.92 Å². The number of piperidine rings is 1. The fourth-order valence-electron chi connectivity index (χ4n) is 4.71. The number of ether oxygens (including phenoxy) is 2. The van der Waals surface area contributed by atoms with E-state index in [-0.39, 0.29) is 24.3 Å². The van der Waals surface area contributed by atoms with Crippen molar-refractivity contribution in [3.05, 3.63) is 81.3 Å². The monoisotopic (exact) mass is 575 g/mol. The molecule has 1 aliphatic heterocycles. The van der Waals surface area contributed by atoms with E-state index >= 15 is 0 Å². The summed E-state index contributed by atoms with van der Waals surface area (Å²) >= 11 is 1.33. The maximum Gasteiger partial charge on any atom is 0.416 e. The Morgan fingerprint density at radius 2 is 1.85 bits per heavy atom. The summed E-state index contributed by atoms with van der Waals surface area (Å²) in [4.78, 5) is 33.6. The molecule has 1 amide bonds. The summed E-state index contributed by atoms with van der Waals surface area (Å²) in [7, 11) is 1.58. The van der Waals surface area contributed by atoms with E-state index in [9.17, 15) is 22.8 Å². The second-order valence-corrected chi connectivity index (χ2v) is 10.6. The van der Waals surface area contributed by atoms with Gasteiger partial charge in [-0.3, -0.25) is 14.5 Å². The quantitative estimate of drug-likeness (QED) is 0.285. The highest BCUT2D eigenvalue weighted by Gasteiger charge is 2.32. The largest absolute Gasteiger partial charge is 0.497 e. The zero-order chi connectivity index (χ0) is 28.7. The number of aromatic nitrogens is 1. The number of nitrogens with zero attached hydrogens (tertiary/aromatic N) is 3. The van der Waals surface area contributed by atoms with Gasteiger partial charge < -0.3 is 14.4 Å². The van der Waals surface area contributed by atoms with Crippen LogP contribution in [-0.2, 0) is 35.3 Å². The minimum Gasteiger partial charge on any atom is -0.497 e. The number of likely N-dealkylation sites (tertiary alicyclic amines) is 1. The smallest absolute Gasteiger partial charge is 0.416 e. The van der Waals surface area contributed by atoms with Gasteiger partial charge in [0.25, 0.3) is 5.91 Å². The average Bonchev–Trinajstić information content (AvgIpc) is 3.41. The second-order valence-electron chi connectivity index (χ2n) is 9.66. The SMILES string of the molecule is CCOC(=O)C1CCCN(C(=O)c2csc(CN(Cc3ccc(OC)cc3)Cc3cccc(C(F)(F)F)c3)n2)C1. The lowest BCUT2D eigenvalue weighted by atomic mass is 9.98. The average molecular weight is 576 g/mol. The number of hydrogen-bond donors (Lipinski definition) is 0.